The molecule has 0 heterocycles. The zero-order valence-electron chi connectivity index (χ0n) is 10.3. The number of halogens is 2. The lowest BCUT2D eigenvalue weighted by Gasteiger charge is -2.12. The number of anilines is 1. The summed E-state index contributed by atoms with van der Waals surface area (Å²) in [5, 5.41) is 0. The van der Waals surface area contributed by atoms with Gasteiger partial charge in [0.1, 0.15) is 12.4 Å². The molecule has 0 aliphatic carbocycles. The molecule has 100 valence electrons. The van der Waals surface area contributed by atoms with Crippen molar-refractivity contribution in [2.75, 3.05) is 12.8 Å². The molecule has 0 radical (unpaired) electrons. The van der Waals surface area contributed by atoms with Gasteiger partial charge in [-0.1, -0.05) is 6.07 Å². The van der Waals surface area contributed by atoms with E-state index < -0.39 is 0 Å². The number of benzene rings is 2. The molecule has 0 saturated heterocycles. The Kier molecular flexibility index (Phi) is 4.27. The van der Waals surface area contributed by atoms with Crippen molar-refractivity contribution in [2.45, 2.75) is 6.61 Å². The van der Waals surface area contributed by atoms with Crippen molar-refractivity contribution in [2.24, 2.45) is 0 Å². The van der Waals surface area contributed by atoms with Crippen LogP contribution >= 0.6 is 15.9 Å². The standard InChI is InChI=1S/C14H13BrFNO2/c1-18-13-4-2-3-12(15)14(13)19-8-9-5-10(16)7-11(17)6-9/h2-7H,8,17H2,1H3. The van der Waals surface area contributed by atoms with Gasteiger partial charge in [0.05, 0.1) is 11.6 Å². The van der Waals surface area contributed by atoms with Crippen molar-refractivity contribution in [1.82, 2.24) is 0 Å². The van der Waals surface area contributed by atoms with Crippen LogP contribution in [0, 0.1) is 5.82 Å². The first-order valence-corrected chi connectivity index (χ1v) is 6.39. The summed E-state index contributed by atoms with van der Waals surface area (Å²) in [5.41, 5.74) is 6.62. The molecule has 0 fully saturated rings. The molecule has 2 N–H and O–H groups in total. The highest BCUT2D eigenvalue weighted by atomic mass is 79.9. The third-order valence-corrected chi connectivity index (χ3v) is 3.14. The molecule has 0 unspecified atom stereocenters. The number of hydrogen-bond acceptors (Lipinski definition) is 3. The van der Waals surface area contributed by atoms with Gasteiger partial charge in [0.15, 0.2) is 11.5 Å². The van der Waals surface area contributed by atoms with Crippen LogP contribution in [0.4, 0.5) is 10.1 Å². The van der Waals surface area contributed by atoms with Gasteiger partial charge >= 0.3 is 0 Å². The summed E-state index contributed by atoms with van der Waals surface area (Å²) in [5.74, 6) is 0.810. The average molecular weight is 326 g/mol. The molecule has 0 atom stereocenters. The molecule has 0 bridgehead atoms. The van der Waals surface area contributed by atoms with E-state index in [0.717, 1.165) is 4.47 Å². The predicted octanol–water partition coefficient (Wildman–Crippen LogP) is 3.76. The van der Waals surface area contributed by atoms with Gasteiger partial charge in [-0.25, -0.2) is 4.39 Å². The molecule has 3 nitrogen and oxygen atoms in total. The van der Waals surface area contributed by atoms with Crippen LogP contribution in [0.15, 0.2) is 40.9 Å². The number of hydrogen-bond donors (Lipinski definition) is 1. The zero-order chi connectivity index (χ0) is 13.8. The lowest BCUT2D eigenvalue weighted by atomic mass is 10.2. The predicted molar refractivity (Wildman–Crippen MR) is 75.8 cm³/mol. The maximum atomic E-state index is 13.2. The lowest BCUT2D eigenvalue weighted by Crippen LogP contribution is -2.00. The molecule has 5 heteroatoms. The van der Waals surface area contributed by atoms with Gasteiger partial charge in [-0.05, 0) is 51.8 Å². The Balaban J connectivity index is 2.18. The topological polar surface area (TPSA) is 44.5 Å². The Hall–Kier alpha value is -1.75. The average Bonchev–Trinajstić information content (AvgIpc) is 2.36. The van der Waals surface area contributed by atoms with Crippen molar-refractivity contribution in [1.29, 1.82) is 0 Å². The van der Waals surface area contributed by atoms with E-state index in [1.165, 1.54) is 12.1 Å². The summed E-state index contributed by atoms with van der Waals surface area (Å²) in [6, 6.07) is 9.81. The van der Waals surface area contributed by atoms with Gasteiger partial charge < -0.3 is 15.2 Å². The minimum absolute atomic E-state index is 0.209. The van der Waals surface area contributed by atoms with E-state index in [1.54, 1.807) is 19.2 Å². The minimum atomic E-state index is -0.377. The quantitative estimate of drug-likeness (QED) is 0.870. The van der Waals surface area contributed by atoms with E-state index in [2.05, 4.69) is 15.9 Å². The third-order valence-electron chi connectivity index (χ3n) is 2.51. The second-order valence-corrected chi connectivity index (χ2v) is 4.81. The molecule has 0 aliphatic heterocycles. The van der Waals surface area contributed by atoms with Gasteiger partial charge in [-0.2, -0.15) is 0 Å². The van der Waals surface area contributed by atoms with Gasteiger partial charge in [0.2, 0.25) is 0 Å². The fourth-order valence-corrected chi connectivity index (χ4v) is 2.17. The van der Waals surface area contributed by atoms with Gasteiger partial charge in [-0.3, -0.25) is 0 Å². The van der Waals surface area contributed by atoms with Gasteiger partial charge in [-0.15, -0.1) is 0 Å². The molecule has 0 aliphatic rings. The second kappa shape index (κ2) is 5.93. The third kappa shape index (κ3) is 3.38. The number of nitrogens with two attached hydrogens (primary N) is 1. The summed E-state index contributed by atoms with van der Waals surface area (Å²) in [6.45, 7) is 0.209. The Morgan fingerprint density at radius 3 is 2.74 bits per heavy atom. The molecular weight excluding hydrogens is 313 g/mol. The Labute approximate surface area is 119 Å². The first kappa shape index (κ1) is 13.7. The van der Waals surface area contributed by atoms with E-state index in [1.807, 2.05) is 12.1 Å². The fourth-order valence-electron chi connectivity index (χ4n) is 1.70. The van der Waals surface area contributed by atoms with E-state index in [4.69, 9.17) is 15.2 Å². The normalized spacial score (nSPS) is 10.3. The highest BCUT2D eigenvalue weighted by Crippen LogP contribution is 2.35. The van der Waals surface area contributed by atoms with E-state index in [9.17, 15) is 4.39 Å². The first-order chi connectivity index (χ1) is 9.10. The number of nitrogen functional groups attached to an aromatic ring is 1. The van der Waals surface area contributed by atoms with Gasteiger partial charge in [0, 0.05) is 5.69 Å². The van der Waals surface area contributed by atoms with Crippen molar-refractivity contribution >= 4 is 21.6 Å². The SMILES string of the molecule is COc1cccc(Br)c1OCc1cc(N)cc(F)c1. The fraction of sp³-hybridized carbons (Fsp3) is 0.143. The van der Waals surface area contributed by atoms with Crippen LogP contribution in [0.2, 0.25) is 0 Å². The Bertz CT molecular complexity index is 569. The number of para-hydroxylation sites is 1. The summed E-state index contributed by atoms with van der Waals surface area (Å²) in [4.78, 5) is 0. The summed E-state index contributed by atoms with van der Waals surface area (Å²) in [6.07, 6.45) is 0. The zero-order valence-corrected chi connectivity index (χ0v) is 11.9. The van der Waals surface area contributed by atoms with Gasteiger partial charge in [0.25, 0.3) is 0 Å². The number of methoxy groups -OCH3 is 1. The maximum Gasteiger partial charge on any atom is 0.175 e. The number of ether oxygens (including phenoxy) is 2. The molecule has 0 saturated carbocycles. The second-order valence-electron chi connectivity index (χ2n) is 3.95. The molecule has 2 rings (SSSR count). The van der Waals surface area contributed by atoms with Crippen LogP contribution in [0.1, 0.15) is 5.56 Å². The molecule has 0 aromatic heterocycles. The van der Waals surface area contributed by atoms with Crippen LogP contribution in [-0.2, 0) is 6.61 Å². The van der Waals surface area contributed by atoms with E-state index >= 15 is 0 Å². The smallest absolute Gasteiger partial charge is 0.175 e. The number of rotatable bonds is 4. The van der Waals surface area contributed by atoms with Crippen molar-refractivity contribution in [3.8, 4) is 11.5 Å². The minimum Gasteiger partial charge on any atom is -0.493 e. The van der Waals surface area contributed by atoms with E-state index in [0.29, 0.717) is 22.7 Å². The molecule has 2 aromatic carbocycles. The van der Waals surface area contributed by atoms with Crippen LogP contribution in [0.3, 0.4) is 0 Å². The highest BCUT2D eigenvalue weighted by molar-refractivity contribution is 9.10. The monoisotopic (exact) mass is 325 g/mol. The molecular formula is C14H13BrFNO2. The summed E-state index contributed by atoms with van der Waals surface area (Å²) in [7, 11) is 1.56. The van der Waals surface area contributed by atoms with Crippen LogP contribution in [0.25, 0.3) is 0 Å². The Morgan fingerprint density at radius 1 is 1.26 bits per heavy atom. The van der Waals surface area contributed by atoms with Crippen molar-refractivity contribution in [3.63, 3.8) is 0 Å². The summed E-state index contributed by atoms with van der Waals surface area (Å²) < 4.78 is 24.9. The van der Waals surface area contributed by atoms with Crippen molar-refractivity contribution in [3.05, 3.63) is 52.3 Å². The molecule has 2 aromatic rings. The molecule has 0 spiro atoms. The van der Waals surface area contributed by atoms with Crippen LogP contribution in [0.5, 0.6) is 11.5 Å². The molecule has 19 heavy (non-hydrogen) atoms. The first-order valence-electron chi connectivity index (χ1n) is 5.60. The Morgan fingerprint density at radius 2 is 2.05 bits per heavy atom. The maximum absolute atomic E-state index is 13.2. The van der Waals surface area contributed by atoms with Crippen LogP contribution in [-0.4, -0.2) is 7.11 Å². The lowest BCUT2D eigenvalue weighted by molar-refractivity contribution is 0.282. The molecule has 0 amide bonds. The van der Waals surface area contributed by atoms with Crippen LogP contribution < -0.4 is 15.2 Å². The highest BCUT2D eigenvalue weighted by Gasteiger charge is 2.09. The largest absolute Gasteiger partial charge is 0.493 e. The van der Waals surface area contributed by atoms with E-state index in [-0.39, 0.29) is 12.4 Å². The summed E-state index contributed by atoms with van der Waals surface area (Å²) >= 11 is 3.39. The van der Waals surface area contributed by atoms with Crippen molar-refractivity contribution < 1.29 is 13.9 Å².